The Kier molecular flexibility index (Phi) is 3.28. The number of nitrogens with zero attached hydrogens (tertiary/aromatic N) is 4. The van der Waals surface area contributed by atoms with Crippen LogP contribution in [-0.4, -0.2) is 45.8 Å². The zero-order valence-corrected chi connectivity index (χ0v) is 12.8. The molecule has 112 valence electrons. The van der Waals surface area contributed by atoms with E-state index in [2.05, 4.69) is 20.0 Å². The molecule has 2 saturated heterocycles. The molecule has 7 heteroatoms. The largest absolute Gasteiger partial charge is 0.377 e. The highest BCUT2D eigenvalue weighted by molar-refractivity contribution is 7.09. The molecule has 2 atom stereocenters. The molecule has 0 spiro atoms. The number of rotatable bonds is 3. The van der Waals surface area contributed by atoms with E-state index in [4.69, 9.17) is 9.26 Å². The molecule has 0 unspecified atom stereocenters. The Morgan fingerprint density at radius 1 is 1.52 bits per heavy atom. The van der Waals surface area contributed by atoms with Crippen molar-refractivity contribution in [3.05, 3.63) is 28.3 Å². The van der Waals surface area contributed by atoms with Gasteiger partial charge in [0.05, 0.1) is 18.1 Å². The summed E-state index contributed by atoms with van der Waals surface area (Å²) in [5.74, 6) is 1.44. The standard InChI is InChI=1S/C14H18N4O2S/c1-10-16-13(20-17-10)14-3-6-19-11(14)2-5-18(9-14)8-12-15-4-7-21-12/h4,7,11H,2-3,5-6,8-9H2,1H3/t11-,14-/m0/s1. The molecular formula is C14H18N4O2S. The monoisotopic (exact) mass is 306 g/mol. The van der Waals surface area contributed by atoms with E-state index in [0.29, 0.717) is 5.82 Å². The lowest BCUT2D eigenvalue weighted by Gasteiger charge is -2.40. The maximum absolute atomic E-state index is 5.94. The van der Waals surface area contributed by atoms with Crippen molar-refractivity contribution in [3.8, 4) is 0 Å². The smallest absolute Gasteiger partial charge is 0.236 e. The van der Waals surface area contributed by atoms with Gasteiger partial charge in [0, 0.05) is 31.3 Å². The predicted molar refractivity (Wildman–Crippen MR) is 77.1 cm³/mol. The number of ether oxygens (including phenoxy) is 1. The number of fused-ring (bicyclic) bond motifs is 1. The van der Waals surface area contributed by atoms with Crippen molar-refractivity contribution in [1.29, 1.82) is 0 Å². The third-order valence-electron chi connectivity index (χ3n) is 4.49. The van der Waals surface area contributed by atoms with E-state index in [-0.39, 0.29) is 11.5 Å². The molecule has 6 nitrogen and oxygen atoms in total. The van der Waals surface area contributed by atoms with Crippen LogP contribution in [0.5, 0.6) is 0 Å². The van der Waals surface area contributed by atoms with Crippen LogP contribution in [0.25, 0.3) is 0 Å². The summed E-state index contributed by atoms with van der Waals surface area (Å²) >= 11 is 1.71. The fourth-order valence-corrected chi connectivity index (χ4v) is 4.15. The molecule has 2 aromatic rings. The Labute approximate surface area is 127 Å². The van der Waals surface area contributed by atoms with Gasteiger partial charge in [0.25, 0.3) is 0 Å². The van der Waals surface area contributed by atoms with Gasteiger partial charge in [-0.1, -0.05) is 5.16 Å². The molecule has 2 aliphatic heterocycles. The summed E-state index contributed by atoms with van der Waals surface area (Å²) in [5.41, 5.74) is -0.142. The lowest BCUT2D eigenvalue weighted by molar-refractivity contribution is 0.00412. The maximum Gasteiger partial charge on any atom is 0.236 e. The van der Waals surface area contributed by atoms with Gasteiger partial charge in [-0.25, -0.2) is 4.98 Å². The number of aryl methyl sites for hydroxylation is 1. The van der Waals surface area contributed by atoms with Crippen molar-refractivity contribution >= 4 is 11.3 Å². The summed E-state index contributed by atoms with van der Waals surface area (Å²) in [6, 6.07) is 0. The summed E-state index contributed by atoms with van der Waals surface area (Å²) in [6.45, 7) is 5.46. The summed E-state index contributed by atoms with van der Waals surface area (Å²) in [7, 11) is 0. The molecule has 2 fully saturated rings. The Hall–Kier alpha value is -1.31. The zero-order valence-electron chi connectivity index (χ0n) is 12.0. The number of hydrogen-bond donors (Lipinski definition) is 0. The van der Waals surface area contributed by atoms with Crippen LogP contribution >= 0.6 is 11.3 Å². The molecule has 21 heavy (non-hydrogen) atoms. The normalized spacial score (nSPS) is 29.7. The highest BCUT2D eigenvalue weighted by Gasteiger charge is 2.52. The van der Waals surface area contributed by atoms with Crippen molar-refractivity contribution in [2.45, 2.75) is 37.8 Å². The molecule has 0 aromatic carbocycles. The molecule has 0 amide bonds. The minimum absolute atomic E-state index is 0.142. The Bertz CT molecular complexity index is 614. The molecule has 2 aromatic heterocycles. The minimum atomic E-state index is -0.142. The van der Waals surface area contributed by atoms with Gasteiger partial charge in [-0.05, 0) is 19.8 Å². The van der Waals surface area contributed by atoms with E-state index < -0.39 is 0 Å². The fraction of sp³-hybridized carbons (Fsp3) is 0.643. The molecular weight excluding hydrogens is 288 g/mol. The highest BCUT2D eigenvalue weighted by Crippen LogP contribution is 2.43. The van der Waals surface area contributed by atoms with Gasteiger partial charge in [-0.2, -0.15) is 4.98 Å². The van der Waals surface area contributed by atoms with Crippen molar-refractivity contribution in [2.24, 2.45) is 0 Å². The first-order chi connectivity index (χ1) is 10.3. The second-order valence-corrected chi connectivity index (χ2v) is 6.82. The van der Waals surface area contributed by atoms with Crippen LogP contribution in [0.1, 0.15) is 29.6 Å². The first-order valence-corrected chi connectivity index (χ1v) is 8.17. The van der Waals surface area contributed by atoms with Crippen LogP contribution in [-0.2, 0) is 16.7 Å². The molecule has 0 aliphatic carbocycles. The van der Waals surface area contributed by atoms with Crippen LogP contribution < -0.4 is 0 Å². The summed E-state index contributed by atoms with van der Waals surface area (Å²) in [6.07, 6.45) is 4.02. The third kappa shape index (κ3) is 2.29. The third-order valence-corrected chi connectivity index (χ3v) is 5.26. The number of likely N-dealkylation sites (tertiary alicyclic amines) is 1. The van der Waals surface area contributed by atoms with Crippen LogP contribution in [0, 0.1) is 6.92 Å². The number of thiazole rings is 1. The van der Waals surface area contributed by atoms with Gasteiger partial charge in [-0.15, -0.1) is 11.3 Å². The molecule has 0 saturated carbocycles. The molecule has 4 rings (SSSR count). The van der Waals surface area contributed by atoms with E-state index in [1.807, 2.05) is 18.5 Å². The Morgan fingerprint density at radius 3 is 3.24 bits per heavy atom. The van der Waals surface area contributed by atoms with Crippen LogP contribution in [0.15, 0.2) is 16.1 Å². The highest BCUT2D eigenvalue weighted by atomic mass is 32.1. The average Bonchev–Trinajstić information content (AvgIpc) is 3.18. The lowest BCUT2D eigenvalue weighted by atomic mass is 9.76. The SMILES string of the molecule is Cc1noc([C@]23CCO[C@H]2CCN(Cc2nccs2)C3)n1. The number of aromatic nitrogens is 3. The number of piperidine rings is 1. The zero-order chi connectivity index (χ0) is 14.3. The first kappa shape index (κ1) is 13.4. The van der Waals surface area contributed by atoms with E-state index >= 15 is 0 Å². The van der Waals surface area contributed by atoms with Crippen molar-refractivity contribution in [2.75, 3.05) is 19.7 Å². The van der Waals surface area contributed by atoms with E-state index in [9.17, 15) is 0 Å². The van der Waals surface area contributed by atoms with Crippen LogP contribution in [0.3, 0.4) is 0 Å². The lowest BCUT2D eigenvalue weighted by Crippen LogP contribution is -2.52. The van der Waals surface area contributed by atoms with Gasteiger partial charge in [0.15, 0.2) is 5.82 Å². The van der Waals surface area contributed by atoms with Gasteiger partial charge >= 0.3 is 0 Å². The average molecular weight is 306 g/mol. The Balaban J connectivity index is 1.60. The predicted octanol–water partition coefficient (Wildman–Crippen LogP) is 1.77. The molecule has 0 bridgehead atoms. The van der Waals surface area contributed by atoms with Crippen molar-refractivity contribution in [1.82, 2.24) is 20.0 Å². The van der Waals surface area contributed by atoms with Gasteiger partial charge in [0.2, 0.25) is 5.89 Å². The van der Waals surface area contributed by atoms with Gasteiger partial charge in [0.1, 0.15) is 5.01 Å². The maximum atomic E-state index is 5.94. The minimum Gasteiger partial charge on any atom is -0.377 e. The molecule has 0 N–H and O–H groups in total. The fourth-order valence-electron chi connectivity index (χ4n) is 3.49. The molecule has 2 aliphatic rings. The Morgan fingerprint density at radius 2 is 2.48 bits per heavy atom. The quantitative estimate of drug-likeness (QED) is 0.861. The molecule has 0 radical (unpaired) electrons. The summed E-state index contributed by atoms with van der Waals surface area (Å²) in [4.78, 5) is 11.3. The summed E-state index contributed by atoms with van der Waals surface area (Å²) < 4.78 is 11.5. The molecule has 4 heterocycles. The van der Waals surface area contributed by atoms with E-state index in [1.54, 1.807) is 11.3 Å². The topological polar surface area (TPSA) is 64.3 Å². The van der Waals surface area contributed by atoms with Crippen molar-refractivity contribution in [3.63, 3.8) is 0 Å². The van der Waals surface area contributed by atoms with Crippen molar-refractivity contribution < 1.29 is 9.26 Å². The second-order valence-electron chi connectivity index (χ2n) is 5.84. The number of hydrogen-bond acceptors (Lipinski definition) is 7. The summed E-state index contributed by atoms with van der Waals surface area (Å²) in [5, 5.41) is 7.16. The van der Waals surface area contributed by atoms with E-state index in [1.165, 1.54) is 0 Å². The van der Waals surface area contributed by atoms with E-state index in [0.717, 1.165) is 50.0 Å². The second kappa shape index (κ2) is 5.15. The first-order valence-electron chi connectivity index (χ1n) is 7.29. The van der Waals surface area contributed by atoms with Gasteiger partial charge in [-0.3, -0.25) is 4.90 Å². The van der Waals surface area contributed by atoms with Crippen LogP contribution in [0.2, 0.25) is 0 Å². The van der Waals surface area contributed by atoms with Gasteiger partial charge < -0.3 is 9.26 Å². The van der Waals surface area contributed by atoms with Crippen LogP contribution in [0.4, 0.5) is 0 Å².